The molecule has 2 rings (SSSR count). The Balaban J connectivity index is 2.01. The van der Waals surface area contributed by atoms with Gasteiger partial charge in [-0.05, 0) is 12.8 Å². The van der Waals surface area contributed by atoms with Gasteiger partial charge in [-0.3, -0.25) is 0 Å². The Bertz CT molecular complexity index is 350. The molecule has 1 aromatic rings. The van der Waals surface area contributed by atoms with Crippen molar-refractivity contribution in [2.24, 2.45) is 0 Å². The van der Waals surface area contributed by atoms with E-state index in [4.69, 9.17) is 10.5 Å². The van der Waals surface area contributed by atoms with Crippen molar-refractivity contribution < 1.29 is 4.74 Å². The fourth-order valence-corrected chi connectivity index (χ4v) is 2.13. The standard InChI is InChI=1S/C11H18N4O/c1-16-11-9(10(12)14-7-15-11)6-13-8-4-2-3-5-8/h7-8,13H,2-6H2,1H3,(H2,12,14,15). The predicted molar refractivity (Wildman–Crippen MR) is 62.1 cm³/mol. The van der Waals surface area contributed by atoms with Gasteiger partial charge in [0.05, 0.1) is 12.7 Å². The molecule has 0 unspecified atom stereocenters. The SMILES string of the molecule is COc1ncnc(N)c1CNC1CCCC1. The summed E-state index contributed by atoms with van der Waals surface area (Å²) in [7, 11) is 1.60. The molecule has 0 saturated heterocycles. The number of hydrogen-bond acceptors (Lipinski definition) is 5. The Hall–Kier alpha value is -1.36. The molecule has 1 saturated carbocycles. The molecule has 0 radical (unpaired) electrons. The summed E-state index contributed by atoms with van der Waals surface area (Å²) in [5, 5.41) is 3.47. The van der Waals surface area contributed by atoms with Crippen LogP contribution in [-0.2, 0) is 6.54 Å². The molecule has 1 aliphatic carbocycles. The summed E-state index contributed by atoms with van der Waals surface area (Å²) >= 11 is 0. The third-order valence-electron chi connectivity index (χ3n) is 3.06. The van der Waals surface area contributed by atoms with Crippen LogP contribution in [0, 0.1) is 0 Å². The normalized spacial score (nSPS) is 16.6. The first kappa shape index (κ1) is 11.1. The van der Waals surface area contributed by atoms with Crippen molar-refractivity contribution in [2.45, 2.75) is 38.3 Å². The minimum Gasteiger partial charge on any atom is -0.481 e. The summed E-state index contributed by atoms with van der Waals surface area (Å²) in [6, 6.07) is 0.601. The van der Waals surface area contributed by atoms with Crippen molar-refractivity contribution in [1.29, 1.82) is 0 Å². The maximum Gasteiger partial charge on any atom is 0.222 e. The number of nitrogens with zero attached hydrogens (tertiary/aromatic N) is 2. The average molecular weight is 222 g/mol. The van der Waals surface area contributed by atoms with Crippen LogP contribution in [-0.4, -0.2) is 23.1 Å². The Labute approximate surface area is 95.4 Å². The van der Waals surface area contributed by atoms with E-state index in [0.717, 1.165) is 5.56 Å². The number of anilines is 1. The molecular weight excluding hydrogens is 204 g/mol. The van der Waals surface area contributed by atoms with E-state index in [-0.39, 0.29) is 0 Å². The van der Waals surface area contributed by atoms with Gasteiger partial charge in [-0.25, -0.2) is 9.97 Å². The molecule has 1 fully saturated rings. The molecule has 5 nitrogen and oxygen atoms in total. The molecule has 0 bridgehead atoms. The van der Waals surface area contributed by atoms with Crippen LogP contribution in [0.2, 0.25) is 0 Å². The first-order valence-electron chi connectivity index (χ1n) is 5.68. The van der Waals surface area contributed by atoms with E-state index in [1.807, 2.05) is 0 Å². The van der Waals surface area contributed by atoms with E-state index < -0.39 is 0 Å². The van der Waals surface area contributed by atoms with Crippen LogP contribution in [0.1, 0.15) is 31.2 Å². The second-order valence-electron chi connectivity index (χ2n) is 4.11. The largest absolute Gasteiger partial charge is 0.481 e. The summed E-state index contributed by atoms with van der Waals surface area (Å²) in [4.78, 5) is 8.03. The zero-order valence-corrected chi connectivity index (χ0v) is 9.57. The Morgan fingerprint density at radius 1 is 1.44 bits per heavy atom. The Kier molecular flexibility index (Phi) is 3.56. The van der Waals surface area contributed by atoms with Crippen LogP contribution >= 0.6 is 0 Å². The molecule has 1 aliphatic rings. The van der Waals surface area contributed by atoms with Crippen LogP contribution in [0.15, 0.2) is 6.33 Å². The lowest BCUT2D eigenvalue weighted by atomic mass is 10.2. The highest BCUT2D eigenvalue weighted by Crippen LogP contribution is 2.22. The van der Waals surface area contributed by atoms with Crippen molar-refractivity contribution in [3.05, 3.63) is 11.9 Å². The fourth-order valence-electron chi connectivity index (χ4n) is 2.13. The molecule has 0 atom stereocenters. The predicted octanol–water partition coefficient (Wildman–Crippen LogP) is 1.10. The van der Waals surface area contributed by atoms with Crippen molar-refractivity contribution in [3.63, 3.8) is 0 Å². The van der Waals surface area contributed by atoms with Crippen molar-refractivity contribution in [1.82, 2.24) is 15.3 Å². The van der Waals surface area contributed by atoms with Crippen LogP contribution in [0.5, 0.6) is 5.88 Å². The van der Waals surface area contributed by atoms with Gasteiger partial charge < -0.3 is 15.8 Å². The molecule has 0 spiro atoms. The van der Waals surface area contributed by atoms with Gasteiger partial charge in [-0.1, -0.05) is 12.8 Å². The first-order chi connectivity index (χ1) is 7.81. The van der Waals surface area contributed by atoms with Gasteiger partial charge >= 0.3 is 0 Å². The number of nitrogens with two attached hydrogens (primary N) is 1. The topological polar surface area (TPSA) is 73.1 Å². The molecular formula is C11H18N4O. The van der Waals surface area contributed by atoms with Gasteiger partial charge in [0.25, 0.3) is 0 Å². The van der Waals surface area contributed by atoms with Crippen molar-refractivity contribution in [2.75, 3.05) is 12.8 Å². The summed E-state index contributed by atoms with van der Waals surface area (Å²) in [5.74, 6) is 1.07. The molecule has 1 aromatic heterocycles. The number of methoxy groups -OCH3 is 1. The van der Waals surface area contributed by atoms with E-state index in [9.17, 15) is 0 Å². The van der Waals surface area contributed by atoms with Crippen LogP contribution in [0.4, 0.5) is 5.82 Å². The lowest BCUT2D eigenvalue weighted by Crippen LogP contribution is -2.26. The van der Waals surface area contributed by atoms with Crippen molar-refractivity contribution >= 4 is 5.82 Å². The van der Waals surface area contributed by atoms with Crippen molar-refractivity contribution in [3.8, 4) is 5.88 Å². The molecule has 1 heterocycles. The molecule has 0 aliphatic heterocycles. The Morgan fingerprint density at radius 3 is 2.88 bits per heavy atom. The molecule has 0 aromatic carbocycles. The number of ether oxygens (including phenoxy) is 1. The molecule has 0 amide bonds. The quantitative estimate of drug-likeness (QED) is 0.798. The fraction of sp³-hybridized carbons (Fsp3) is 0.636. The van der Waals surface area contributed by atoms with Gasteiger partial charge in [0, 0.05) is 12.6 Å². The molecule has 3 N–H and O–H groups in total. The monoisotopic (exact) mass is 222 g/mol. The van der Waals surface area contributed by atoms with Gasteiger partial charge in [-0.2, -0.15) is 0 Å². The summed E-state index contributed by atoms with van der Waals surface area (Å²) in [6.45, 7) is 0.681. The molecule has 16 heavy (non-hydrogen) atoms. The van der Waals surface area contributed by atoms with Crippen LogP contribution in [0.25, 0.3) is 0 Å². The zero-order chi connectivity index (χ0) is 11.4. The first-order valence-corrected chi connectivity index (χ1v) is 5.68. The van der Waals surface area contributed by atoms with Gasteiger partial charge in [0.15, 0.2) is 0 Å². The zero-order valence-electron chi connectivity index (χ0n) is 9.57. The maximum atomic E-state index is 5.81. The molecule has 88 valence electrons. The van der Waals surface area contributed by atoms with Crippen LogP contribution < -0.4 is 15.8 Å². The minimum atomic E-state index is 0.498. The third kappa shape index (κ3) is 2.41. The molecule has 5 heteroatoms. The van der Waals surface area contributed by atoms with E-state index in [0.29, 0.717) is 24.3 Å². The summed E-state index contributed by atoms with van der Waals surface area (Å²) in [5.41, 5.74) is 6.67. The lowest BCUT2D eigenvalue weighted by molar-refractivity contribution is 0.387. The average Bonchev–Trinajstić information content (AvgIpc) is 2.80. The highest BCUT2D eigenvalue weighted by Gasteiger charge is 2.16. The minimum absolute atomic E-state index is 0.498. The Morgan fingerprint density at radius 2 is 2.19 bits per heavy atom. The number of rotatable bonds is 4. The summed E-state index contributed by atoms with van der Waals surface area (Å²) < 4.78 is 5.17. The maximum absolute atomic E-state index is 5.81. The van der Waals surface area contributed by atoms with Gasteiger partial charge in [0.1, 0.15) is 12.1 Å². The van der Waals surface area contributed by atoms with Crippen LogP contribution in [0.3, 0.4) is 0 Å². The highest BCUT2D eigenvalue weighted by atomic mass is 16.5. The number of nitrogen functional groups attached to an aromatic ring is 1. The second kappa shape index (κ2) is 5.12. The highest BCUT2D eigenvalue weighted by molar-refractivity contribution is 5.44. The summed E-state index contributed by atoms with van der Waals surface area (Å²) in [6.07, 6.45) is 6.55. The smallest absolute Gasteiger partial charge is 0.222 e. The lowest BCUT2D eigenvalue weighted by Gasteiger charge is -2.14. The number of hydrogen-bond donors (Lipinski definition) is 2. The van der Waals surface area contributed by atoms with E-state index in [2.05, 4.69) is 15.3 Å². The third-order valence-corrected chi connectivity index (χ3v) is 3.06. The second-order valence-corrected chi connectivity index (χ2v) is 4.11. The van der Waals surface area contributed by atoms with E-state index in [1.165, 1.54) is 32.0 Å². The van der Waals surface area contributed by atoms with Gasteiger partial charge in [0.2, 0.25) is 5.88 Å². The van der Waals surface area contributed by atoms with E-state index in [1.54, 1.807) is 7.11 Å². The van der Waals surface area contributed by atoms with Gasteiger partial charge in [-0.15, -0.1) is 0 Å². The van der Waals surface area contributed by atoms with E-state index >= 15 is 0 Å². The number of aromatic nitrogens is 2. The number of nitrogens with one attached hydrogen (secondary N) is 1.